The summed E-state index contributed by atoms with van der Waals surface area (Å²) in [4.78, 5) is 0. The van der Waals surface area contributed by atoms with Crippen LogP contribution in [-0.2, 0) is 9.16 Å². The topological polar surface area (TPSA) is 42.0 Å². The Morgan fingerprint density at radius 2 is 1.94 bits per heavy atom. The summed E-state index contributed by atoms with van der Waals surface area (Å²) in [5, 5.41) is 9.33. The molecule has 0 amide bonds. The van der Waals surface area contributed by atoms with Gasteiger partial charge in [-0.05, 0) is 31.5 Å². The zero-order valence-electron chi connectivity index (χ0n) is 11.5. The molecule has 1 saturated heterocycles. The van der Waals surface area contributed by atoms with Gasteiger partial charge in [0.1, 0.15) is 5.60 Å². The maximum absolute atomic E-state index is 9.07. The molecule has 3 nitrogen and oxygen atoms in total. The molecule has 0 unspecified atom stereocenters. The number of hydrogen-bond donors (Lipinski definition) is 1. The second-order valence-electron chi connectivity index (χ2n) is 6.47. The van der Waals surface area contributed by atoms with E-state index in [-0.39, 0.29) is 23.4 Å². The maximum atomic E-state index is 9.07. The van der Waals surface area contributed by atoms with Crippen molar-refractivity contribution in [1.82, 2.24) is 0 Å². The van der Waals surface area contributed by atoms with Crippen LogP contribution in [0.5, 0.6) is 0 Å². The fourth-order valence-electron chi connectivity index (χ4n) is 1.43. The Morgan fingerprint density at radius 1 is 1.38 bits per heavy atom. The fraction of sp³-hybridized carbons (Fsp3) is 1.00. The van der Waals surface area contributed by atoms with Crippen molar-refractivity contribution in [3.63, 3.8) is 0 Å². The number of epoxide rings is 1. The number of rotatable bonds is 5. The van der Waals surface area contributed by atoms with Gasteiger partial charge in [0.05, 0.1) is 12.7 Å². The first-order valence-corrected chi connectivity index (χ1v) is 8.96. The van der Waals surface area contributed by atoms with E-state index in [1.165, 1.54) is 0 Å². The molecule has 16 heavy (non-hydrogen) atoms. The Balaban J connectivity index is 2.27. The Bertz CT molecular complexity index is 247. The summed E-state index contributed by atoms with van der Waals surface area (Å²) in [5.41, 5.74) is -0.295. The van der Waals surface area contributed by atoms with E-state index in [2.05, 4.69) is 33.9 Å². The van der Waals surface area contributed by atoms with Gasteiger partial charge < -0.3 is 14.3 Å². The average molecular weight is 246 g/mol. The Morgan fingerprint density at radius 3 is 2.31 bits per heavy atom. The van der Waals surface area contributed by atoms with Crippen LogP contribution in [0.1, 0.15) is 34.1 Å². The summed E-state index contributed by atoms with van der Waals surface area (Å²) in [6, 6.07) is 0. The quantitative estimate of drug-likeness (QED) is 0.599. The molecule has 4 heteroatoms. The van der Waals surface area contributed by atoms with Crippen molar-refractivity contribution in [3.05, 3.63) is 0 Å². The number of aliphatic hydroxyl groups is 1. The average Bonchev–Trinajstić information content (AvgIpc) is 2.76. The molecule has 0 aromatic carbocycles. The van der Waals surface area contributed by atoms with Crippen LogP contribution >= 0.6 is 0 Å². The van der Waals surface area contributed by atoms with Crippen LogP contribution in [0.25, 0.3) is 0 Å². The van der Waals surface area contributed by atoms with Crippen molar-refractivity contribution in [2.24, 2.45) is 0 Å². The third-order valence-electron chi connectivity index (χ3n) is 4.00. The van der Waals surface area contributed by atoms with E-state index in [1.807, 2.05) is 6.92 Å². The molecule has 0 radical (unpaired) electrons. The fourth-order valence-corrected chi connectivity index (χ4v) is 2.49. The predicted octanol–water partition coefficient (Wildman–Crippen LogP) is 2.55. The predicted molar refractivity (Wildman–Crippen MR) is 68.1 cm³/mol. The molecule has 0 aromatic rings. The second kappa shape index (κ2) is 4.41. The number of ether oxygens (including phenoxy) is 1. The Hall–Kier alpha value is 0.0969. The molecule has 0 bridgehead atoms. The molecule has 1 aliphatic heterocycles. The summed E-state index contributed by atoms with van der Waals surface area (Å²) < 4.78 is 11.5. The van der Waals surface area contributed by atoms with Crippen LogP contribution in [0.3, 0.4) is 0 Å². The summed E-state index contributed by atoms with van der Waals surface area (Å²) >= 11 is 0. The lowest BCUT2D eigenvalue weighted by Crippen LogP contribution is -2.41. The highest BCUT2D eigenvalue weighted by molar-refractivity contribution is 6.74. The van der Waals surface area contributed by atoms with E-state index >= 15 is 0 Å². The van der Waals surface area contributed by atoms with Gasteiger partial charge in [-0.2, -0.15) is 0 Å². The zero-order valence-corrected chi connectivity index (χ0v) is 12.5. The van der Waals surface area contributed by atoms with Crippen molar-refractivity contribution in [3.8, 4) is 0 Å². The monoisotopic (exact) mass is 246 g/mol. The van der Waals surface area contributed by atoms with Gasteiger partial charge in [-0.15, -0.1) is 0 Å². The lowest BCUT2D eigenvalue weighted by Gasteiger charge is -2.36. The van der Waals surface area contributed by atoms with Crippen molar-refractivity contribution < 1.29 is 14.3 Å². The van der Waals surface area contributed by atoms with E-state index in [1.54, 1.807) is 0 Å². The molecule has 1 N–H and O–H groups in total. The minimum atomic E-state index is -1.62. The van der Waals surface area contributed by atoms with Gasteiger partial charge in [0, 0.05) is 6.61 Å². The van der Waals surface area contributed by atoms with Crippen molar-refractivity contribution >= 4 is 8.32 Å². The standard InChI is InChI=1S/C12H26O3Si/c1-11(2,3)16(5,6)14-8-7-10-12(4,9-13)15-10/h10,13H,7-9H2,1-6H3/t10-,12+/m0/s1. The highest BCUT2D eigenvalue weighted by atomic mass is 28.4. The first-order valence-electron chi connectivity index (χ1n) is 6.05. The summed E-state index contributed by atoms with van der Waals surface area (Å²) in [5.74, 6) is 0. The number of aliphatic hydroxyl groups excluding tert-OH is 1. The van der Waals surface area contributed by atoms with Crippen molar-refractivity contribution in [2.45, 2.75) is 64.0 Å². The molecule has 0 spiro atoms. The van der Waals surface area contributed by atoms with E-state index in [4.69, 9.17) is 14.3 Å². The van der Waals surface area contributed by atoms with E-state index in [0.29, 0.717) is 0 Å². The van der Waals surface area contributed by atoms with Crippen LogP contribution in [0.2, 0.25) is 18.1 Å². The van der Waals surface area contributed by atoms with Crippen LogP contribution in [-0.4, -0.2) is 38.3 Å². The van der Waals surface area contributed by atoms with Gasteiger partial charge in [-0.25, -0.2) is 0 Å². The Kier molecular flexibility index (Phi) is 3.90. The van der Waals surface area contributed by atoms with E-state index in [0.717, 1.165) is 13.0 Å². The lowest BCUT2D eigenvalue weighted by molar-refractivity contribution is 0.184. The van der Waals surface area contributed by atoms with Gasteiger partial charge in [-0.3, -0.25) is 0 Å². The highest BCUT2D eigenvalue weighted by Crippen LogP contribution is 2.40. The molecule has 0 aliphatic carbocycles. The minimum absolute atomic E-state index is 0.109. The molecular weight excluding hydrogens is 220 g/mol. The molecule has 2 atom stereocenters. The molecule has 1 fully saturated rings. The minimum Gasteiger partial charge on any atom is -0.417 e. The van der Waals surface area contributed by atoms with Gasteiger partial charge >= 0.3 is 0 Å². The van der Waals surface area contributed by atoms with Gasteiger partial charge in [-0.1, -0.05) is 20.8 Å². The van der Waals surface area contributed by atoms with Crippen LogP contribution < -0.4 is 0 Å². The van der Waals surface area contributed by atoms with E-state index in [9.17, 15) is 0 Å². The highest BCUT2D eigenvalue weighted by Gasteiger charge is 2.51. The molecule has 0 saturated carbocycles. The van der Waals surface area contributed by atoms with E-state index < -0.39 is 8.32 Å². The summed E-state index contributed by atoms with van der Waals surface area (Å²) in [7, 11) is -1.62. The second-order valence-corrected chi connectivity index (χ2v) is 11.3. The molecule has 96 valence electrons. The first kappa shape index (κ1) is 14.2. The van der Waals surface area contributed by atoms with Crippen LogP contribution in [0.15, 0.2) is 0 Å². The molecule has 1 aliphatic rings. The molecular formula is C12H26O3Si. The zero-order chi connectivity index (χ0) is 12.6. The summed E-state index contributed by atoms with van der Waals surface area (Å²) in [6.45, 7) is 14.0. The van der Waals surface area contributed by atoms with Gasteiger partial charge in [0.25, 0.3) is 0 Å². The largest absolute Gasteiger partial charge is 0.417 e. The Labute approximate surface area is 100 Å². The SMILES string of the molecule is CC(C)(C)[Si](C)(C)OCC[C@@H]1O[C@]1(C)CO. The normalized spacial score (nSPS) is 30.6. The van der Waals surface area contributed by atoms with Gasteiger partial charge in [0.15, 0.2) is 8.32 Å². The lowest BCUT2D eigenvalue weighted by atomic mass is 10.1. The van der Waals surface area contributed by atoms with Gasteiger partial charge in [0.2, 0.25) is 0 Å². The maximum Gasteiger partial charge on any atom is 0.191 e. The molecule has 1 rings (SSSR count). The third-order valence-corrected chi connectivity index (χ3v) is 8.54. The first-order chi connectivity index (χ1) is 7.12. The molecule has 0 aromatic heterocycles. The number of hydrogen-bond acceptors (Lipinski definition) is 3. The van der Waals surface area contributed by atoms with Crippen LogP contribution in [0, 0.1) is 0 Å². The molecule has 1 heterocycles. The third kappa shape index (κ3) is 3.06. The van der Waals surface area contributed by atoms with Crippen LogP contribution in [0.4, 0.5) is 0 Å². The smallest absolute Gasteiger partial charge is 0.191 e. The summed E-state index contributed by atoms with van der Waals surface area (Å²) in [6.07, 6.45) is 1.08. The van der Waals surface area contributed by atoms with Crippen molar-refractivity contribution in [2.75, 3.05) is 13.2 Å². The van der Waals surface area contributed by atoms with Crippen molar-refractivity contribution in [1.29, 1.82) is 0 Å².